The van der Waals surface area contributed by atoms with Crippen LogP contribution in [0.4, 0.5) is 4.39 Å². The summed E-state index contributed by atoms with van der Waals surface area (Å²) in [5.41, 5.74) is 1.88. The number of rotatable bonds is 7. The summed E-state index contributed by atoms with van der Waals surface area (Å²) in [4.78, 5) is 11.8. The van der Waals surface area contributed by atoms with Crippen LogP contribution in [0.3, 0.4) is 0 Å². The van der Waals surface area contributed by atoms with Crippen molar-refractivity contribution < 1.29 is 14.3 Å². The van der Waals surface area contributed by atoms with E-state index in [0.717, 1.165) is 6.42 Å². The average Bonchev–Trinajstić information content (AvgIpc) is 2.94. The summed E-state index contributed by atoms with van der Waals surface area (Å²) < 4.78 is 15.0. The monoisotopic (exact) mass is 364 g/mol. The standard InChI is InChI=1S/C19H22ClFN2O2/c1-4-5-6-7-8-16-17(19(24)25)18(12(2)3)23(22-16)13-9-10-15(21)14(20)11-13/h5-6,9-12H,4,7-8H2,1-3H3,(H,24,25). The number of benzene rings is 1. The van der Waals surface area contributed by atoms with E-state index in [1.807, 2.05) is 32.9 Å². The molecule has 25 heavy (non-hydrogen) atoms. The molecule has 2 rings (SSSR count). The number of halogens is 2. The predicted octanol–water partition coefficient (Wildman–Crippen LogP) is 5.39. The summed E-state index contributed by atoms with van der Waals surface area (Å²) in [6.07, 6.45) is 6.24. The molecule has 6 heteroatoms. The molecule has 0 aliphatic rings. The molecule has 0 aliphatic carbocycles. The average molecular weight is 365 g/mol. The second kappa shape index (κ2) is 8.30. The van der Waals surface area contributed by atoms with Gasteiger partial charge in [-0.05, 0) is 43.4 Å². The first-order chi connectivity index (χ1) is 11.9. The van der Waals surface area contributed by atoms with E-state index in [1.165, 1.54) is 12.1 Å². The first kappa shape index (κ1) is 19.2. The van der Waals surface area contributed by atoms with Crippen LogP contribution in [0.5, 0.6) is 0 Å². The fraction of sp³-hybridized carbons (Fsp3) is 0.368. The van der Waals surface area contributed by atoms with Crippen LogP contribution in [-0.2, 0) is 6.42 Å². The number of aromatic nitrogens is 2. The summed E-state index contributed by atoms with van der Waals surface area (Å²) >= 11 is 5.88. The van der Waals surface area contributed by atoms with Crippen LogP contribution < -0.4 is 0 Å². The molecule has 0 saturated carbocycles. The maximum atomic E-state index is 13.5. The smallest absolute Gasteiger partial charge is 0.339 e. The lowest BCUT2D eigenvalue weighted by molar-refractivity contribution is 0.0694. The van der Waals surface area contributed by atoms with Gasteiger partial charge in [-0.1, -0.05) is 44.5 Å². The van der Waals surface area contributed by atoms with Crippen LogP contribution in [0.25, 0.3) is 5.69 Å². The third-order valence-corrected chi connectivity index (χ3v) is 4.14. The number of carbonyl (C=O) groups is 1. The van der Waals surface area contributed by atoms with Crippen molar-refractivity contribution in [1.29, 1.82) is 0 Å². The molecule has 2 aromatic rings. The van der Waals surface area contributed by atoms with Gasteiger partial charge in [-0.2, -0.15) is 5.10 Å². The third kappa shape index (κ3) is 4.28. The van der Waals surface area contributed by atoms with Crippen molar-refractivity contribution >= 4 is 17.6 Å². The zero-order chi connectivity index (χ0) is 18.6. The summed E-state index contributed by atoms with van der Waals surface area (Å²) in [5.74, 6) is -1.59. The Morgan fingerprint density at radius 3 is 2.68 bits per heavy atom. The molecule has 0 atom stereocenters. The molecule has 0 saturated heterocycles. The van der Waals surface area contributed by atoms with Crippen molar-refractivity contribution in [2.75, 3.05) is 0 Å². The molecule has 0 bridgehead atoms. The number of hydrogen-bond donors (Lipinski definition) is 1. The number of aryl methyl sites for hydroxylation is 1. The van der Waals surface area contributed by atoms with Crippen LogP contribution in [0.2, 0.25) is 5.02 Å². The van der Waals surface area contributed by atoms with Crippen LogP contribution in [-0.4, -0.2) is 20.9 Å². The quantitative estimate of drug-likeness (QED) is 0.670. The SMILES string of the molecule is CCC=CCCc1nn(-c2ccc(F)c(Cl)c2)c(C(C)C)c1C(=O)O. The Bertz CT molecular complexity index is 797. The largest absolute Gasteiger partial charge is 0.478 e. The van der Waals surface area contributed by atoms with E-state index in [4.69, 9.17) is 11.6 Å². The summed E-state index contributed by atoms with van der Waals surface area (Å²) in [6, 6.07) is 4.27. The molecular weight excluding hydrogens is 343 g/mol. The minimum absolute atomic E-state index is 0.0213. The number of carboxylic acid groups (broad SMARTS) is 1. The number of nitrogens with zero attached hydrogens (tertiary/aromatic N) is 2. The van der Waals surface area contributed by atoms with Gasteiger partial charge >= 0.3 is 5.97 Å². The Hall–Kier alpha value is -2.14. The fourth-order valence-corrected chi connectivity index (χ4v) is 2.91. The van der Waals surface area contributed by atoms with E-state index in [9.17, 15) is 14.3 Å². The first-order valence-electron chi connectivity index (χ1n) is 8.32. The van der Waals surface area contributed by atoms with Gasteiger partial charge in [0.2, 0.25) is 0 Å². The molecule has 0 radical (unpaired) electrons. The highest BCUT2D eigenvalue weighted by atomic mass is 35.5. The van der Waals surface area contributed by atoms with Gasteiger partial charge in [0.1, 0.15) is 11.4 Å². The molecular formula is C19H22ClFN2O2. The molecule has 0 aliphatic heterocycles. The van der Waals surface area contributed by atoms with Gasteiger partial charge in [-0.3, -0.25) is 0 Å². The minimum Gasteiger partial charge on any atom is -0.478 e. The van der Waals surface area contributed by atoms with Gasteiger partial charge < -0.3 is 5.11 Å². The maximum Gasteiger partial charge on any atom is 0.339 e. The van der Waals surface area contributed by atoms with Crippen LogP contribution in [0.15, 0.2) is 30.4 Å². The maximum absolute atomic E-state index is 13.5. The van der Waals surface area contributed by atoms with E-state index in [1.54, 1.807) is 10.7 Å². The Kier molecular flexibility index (Phi) is 6.37. The topological polar surface area (TPSA) is 55.1 Å². The summed E-state index contributed by atoms with van der Waals surface area (Å²) in [6.45, 7) is 5.86. The highest BCUT2D eigenvalue weighted by Crippen LogP contribution is 2.28. The van der Waals surface area contributed by atoms with Crippen molar-refractivity contribution in [1.82, 2.24) is 9.78 Å². The number of carboxylic acids is 1. The van der Waals surface area contributed by atoms with Gasteiger partial charge in [0.15, 0.2) is 0 Å². The molecule has 0 spiro atoms. The zero-order valence-corrected chi connectivity index (χ0v) is 15.3. The lowest BCUT2D eigenvalue weighted by Crippen LogP contribution is -2.08. The summed E-state index contributed by atoms with van der Waals surface area (Å²) in [5, 5.41) is 14.2. The first-order valence-corrected chi connectivity index (χ1v) is 8.70. The second-order valence-electron chi connectivity index (χ2n) is 6.10. The van der Waals surface area contributed by atoms with E-state index in [-0.39, 0.29) is 16.5 Å². The van der Waals surface area contributed by atoms with Crippen molar-refractivity contribution in [3.8, 4) is 5.69 Å². The van der Waals surface area contributed by atoms with Gasteiger partial charge in [-0.15, -0.1) is 0 Å². The predicted molar refractivity (Wildman–Crippen MR) is 97.3 cm³/mol. The molecule has 1 heterocycles. The van der Waals surface area contributed by atoms with Crippen molar-refractivity contribution in [3.63, 3.8) is 0 Å². The lowest BCUT2D eigenvalue weighted by atomic mass is 10.0. The Morgan fingerprint density at radius 2 is 2.12 bits per heavy atom. The Labute approximate surface area is 151 Å². The minimum atomic E-state index is -1.00. The molecule has 1 aromatic carbocycles. The van der Waals surface area contributed by atoms with Crippen LogP contribution in [0, 0.1) is 5.82 Å². The van der Waals surface area contributed by atoms with Gasteiger partial charge in [0.25, 0.3) is 0 Å². The van der Waals surface area contributed by atoms with E-state index < -0.39 is 11.8 Å². The highest BCUT2D eigenvalue weighted by Gasteiger charge is 2.25. The molecule has 134 valence electrons. The molecule has 0 fully saturated rings. The van der Waals surface area contributed by atoms with E-state index >= 15 is 0 Å². The van der Waals surface area contributed by atoms with E-state index in [0.29, 0.717) is 29.9 Å². The van der Waals surface area contributed by atoms with Crippen LogP contribution in [0.1, 0.15) is 61.3 Å². The Morgan fingerprint density at radius 1 is 1.40 bits per heavy atom. The van der Waals surface area contributed by atoms with Gasteiger partial charge in [0.05, 0.1) is 22.1 Å². The highest BCUT2D eigenvalue weighted by molar-refractivity contribution is 6.30. The molecule has 1 N–H and O–H groups in total. The number of hydrogen-bond acceptors (Lipinski definition) is 2. The molecule has 0 unspecified atom stereocenters. The molecule has 4 nitrogen and oxygen atoms in total. The normalized spacial score (nSPS) is 11.6. The molecule has 1 aromatic heterocycles. The van der Waals surface area contributed by atoms with Crippen LogP contribution >= 0.6 is 11.6 Å². The fourth-order valence-electron chi connectivity index (χ4n) is 2.74. The number of allylic oxidation sites excluding steroid dienone is 2. The summed E-state index contributed by atoms with van der Waals surface area (Å²) in [7, 11) is 0. The second-order valence-corrected chi connectivity index (χ2v) is 6.50. The lowest BCUT2D eigenvalue weighted by Gasteiger charge is -2.11. The van der Waals surface area contributed by atoms with E-state index in [2.05, 4.69) is 5.10 Å². The van der Waals surface area contributed by atoms with Crippen molar-refractivity contribution in [2.24, 2.45) is 0 Å². The molecule has 0 amide bonds. The van der Waals surface area contributed by atoms with Gasteiger partial charge in [0, 0.05) is 0 Å². The van der Waals surface area contributed by atoms with Crippen molar-refractivity contribution in [2.45, 2.75) is 46.0 Å². The Balaban J connectivity index is 2.56. The zero-order valence-electron chi connectivity index (χ0n) is 14.6. The van der Waals surface area contributed by atoms with Crippen molar-refractivity contribution in [3.05, 3.63) is 58.1 Å². The number of aromatic carboxylic acids is 1. The third-order valence-electron chi connectivity index (χ3n) is 3.85. The van der Waals surface area contributed by atoms with Gasteiger partial charge in [-0.25, -0.2) is 13.9 Å².